The van der Waals surface area contributed by atoms with E-state index < -0.39 is 48.1 Å². The molecule has 1 atom stereocenters. The van der Waals surface area contributed by atoms with Crippen molar-refractivity contribution in [1.82, 2.24) is 5.32 Å². The summed E-state index contributed by atoms with van der Waals surface area (Å²) in [6, 6.07) is -0.237. The molecule has 1 unspecified atom stereocenters. The second-order valence-corrected chi connectivity index (χ2v) is 4.05. The zero-order valence-electron chi connectivity index (χ0n) is 10.1. The third kappa shape index (κ3) is 4.74. The van der Waals surface area contributed by atoms with E-state index in [0.717, 1.165) is 0 Å². The Morgan fingerprint density at radius 2 is 1.63 bits per heavy atom. The first-order valence-corrected chi connectivity index (χ1v) is 5.69. The summed E-state index contributed by atoms with van der Waals surface area (Å²) in [4.78, 5) is 0. The van der Waals surface area contributed by atoms with Gasteiger partial charge < -0.3 is 5.32 Å². The first-order valence-electron chi connectivity index (χ1n) is 5.69. The molecule has 0 fully saturated rings. The van der Waals surface area contributed by atoms with E-state index in [1.54, 1.807) is 6.92 Å². The topological polar surface area (TPSA) is 12.0 Å². The summed E-state index contributed by atoms with van der Waals surface area (Å²) >= 11 is 0. The maximum Gasteiger partial charge on any atom is 0.389 e. The second-order valence-electron chi connectivity index (χ2n) is 4.05. The minimum Gasteiger partial charge on any atom is -0.310 e. The SMILES string of the molecule is CCNC(CCC(F)(F)F)c1c(F)cc(F)cc1F. The molecule has 19 heavy (non-hydrogen) atoms. The Hall–Kier alpha value is -1.24. The molecular formula is C12H13F6N. The van der Waals surface area contributed by atoms with E-state index in [9.17, 15) is 26.3 Å². The van der Waals surface area contributed by atoms with Crippen LogP contribution in [-0.4, -0.2) is 12.7 Å². The van der Waals surface area contributed by atoms with Gasteiger partial charge in [0.25, 0.3) is 0 Å². The molecule has 0 aliphatic carbocycles. The van der Waals surface area contributed by atoms with E-state index in [0.29, 0.717) is 12.1 Å². The fourth-order valence-corrected chi connectivity index (χ4v) is 1.79. The maximum absolute atomic E-state index is 13.5. The summed E-state index contributed by atoms with van der Waals surface area (Å²) in [6.07, 6.45) is -6.11. The van der Waals surface area contributed by atoms with E-state index in [1.165, 1.54) is 0 Å². The molecular weight excluding hydrogens is 272 g/mol. The van der Waals surface area contributed by atoms with Crippen molar-refractivity contribution in [2.24, 2.45) is 0 Å². The minimum absolute atomic E-state index is 0.235. The number of halogens is 6. The molecule has 1 aromatic carbocycles. The summed E-state index contributed by atoms with van der Waals surface area (Å²) in [7, 11) is 0. The van der Waals surface area contributed by atoms with Crippen molar-refractivity contribution in [3.8, 4) is 0 Å². The normalized spacial score (nSPS) is 13.6. The average Bonchev–Trinajstić information content (AvgIpc) is 2.23. The van der Waals surface area contributed by atoms with Gasteiger partial charge in [-0.15, -0.1) is 0 Å². The van der Waals surface area contributed by atoms with Crippen LogP contribution in [0, 0.1) is 17.5 Å². The van der Waals surface area contributed by atoms with Gasteiger partial charge in [-0.05, 0) is 13.0 Å². The molecule has 0 aromatic heterocycles. The van der Waals surface area contributed by atoms with Crippen LogP contribution in [0.3, 0.4) is 0 Å². The molecule has 7 heteroatoms. The van der Waals surface area contributed by atoms with Gasteiger partial charge in [0, 0.05) is 30.2 Å². The van der Waals surface area contributed by atoms with E-state index >= 15 is 0 Å². The van der Waals surface area contributed by atoms with Gasteiger partial charge >= 0.3 is 6.18 Å². The highest BCUT2D eigenvalue weighted by Crippen LogP contribution is 2.30. The lowest BCUT2D eigenvalue weighted by Crippen LogP contribution is -2.25. The summed E-state index contributed by atoms with van der Waals surface area (Å²) in [5.74, 6) is -3.49. The van der Waals surface area contributed by atoms with Crippen LogP contribution in [0.1, 0.15) is 31.4 Å². The molecule has 0 bridgehead atoms. The highest BCUT2D eigenvalue weighted by atomic mass is 19.4. The van der Waals surface area contributed by atoms with E-state index in [2.05, 4.69) is 5.32 Å². The van der Waals surface area contributed by atoms with Crippen molar-refractivity contribution in [3.63, 3.8) is 0 Å². The lowest BCUT2D eigenvalue weighted by Gasteiger charge is -2.20. The highest BCUT2D eigenvalue weighted by Gasteiger charge is 2.30. The highest BCUT2D eigenvalue weighted by molar-refractivity contribution is 5.24. The third-order valence-corrected chi connectivity index (χ3v) is 2.56. The van der Waals surface area contributed by atoms with Crippen molar-refractivity contribution >= 4 is 0 Å². The zero-order chi connectivity index (χ0) is 14.6. The van der Waals surface area contributed by atoms with Gasteiger partial charge in [0.05, 0.1) is 0 Å². The lowest BCUT2D eigenvalue weighted by molar-refractivity contribution is -0.136. The van der Waals surface area contributed by atoms with Crippen LogP contribution in [0.25, 0.3) is 0 Å². The molecule has 0 radical (unpaired) electrons. The zero-order valence-corrected chi connectivity index (χ0v) is 10.1. The Labute approximate surface area is 106 Å². The molecule has 0 amide bonds. The second kappa shape index (κ2) is 6.27. The van der Waals surface area contributed by atoms with Crippen LogP contribution in [0.4, 0.5) is 26.3 Å². The molecule has 108 valence electrons. The molecule has 1 N–H and O–H groups in total. The van der Waals surface area contributed by atoms with Crippen molar-refractivity contribution in [1.29, 1.82) is 0 Å². The van der Waals surface area contributed by atoms with Gasteiger partial charge in [-0.25, -0.2) is 13.2 Å². The predicted octanol–water partition coefficient (Wildman–Crippen LogP) is 4.10. The molecule has 1 nitrogen and oxygen atoms in total. The van der Waals surface area contributed by atoms with Gasteiger partial charge in [-0.1, -0.05) is 6.92 Å². The molecule has 0 saturated carbocycles. The minimum atomic E-state index is -4.42. The van der Waals surface area contributed by atoms with Gasteiger partial charge in [-0.3, -0.25) is 0 Å². The predicted molar refractivity (Wildman–Crippen MR) is 58.0 cm³/mol. The van der Waals surface area contributed by atoms with Crippen LogP contribution < -0.4 is 5.32 Å². The first-order chi connectivity index (χ1) is 8.74. The average molecular weight is 285 g/mol. The third-order valence-electron chi connectivity index (χ3n) is 2.56. The Morgan fingerprint density at radius 1 is 1.11 bits per heavy atom. The summed E-state index contributed by atoms with van der Waals surface area (Å²) in [5, 5.41) is 2.57. The number of rotatable bonds is 5. The number of hydrogen-bond acceptors (Lipinski definition) is 1. The smallest absolute Gasteiger partial charge is 0.310 e. The maximum atomic E-state index is 13.5. The molecule has 1 rings (SSSR count). The van der Waals surface area contributed by atoms with Gasteiger partial charge in [0.1, 0.15) is 17.5 Å². The van der Waals surface area contributed by atoms with Crippen molar-refractivity contribution in [2.75, 3.05) is 6.54 Å². The Bertz CT molecular complexity index is 406. The molecule has 1 aromatic rings. The van der Waals surface area contributed by atoms with Crippen LogP contribution in [0.5, 0.6) is 0 Å². The Kier molecular flexibility index (Phi) is 5.22. The number of benzene rings is 1. The summed E-state index contributed by atoms with van der Waals surface area (Å²) in [5.41, 5.74) is -0.562. The van der Waals surface area contributed by atoms with Crippen molar-refractivity contribution < 1.29 is 26.3 Å². The van der Waals surface area contributed by atoms with E-state index in [4.69, 9.17) is 0 Å². The summed E-state index contributed by atoms with van der Waals surface area (Å²) < 4.78 is 76.2. The molecule has 0 heterocycles. The molecule has 0 aliphatic heterocycles. The monoisotopic (exact) mass is 285 g/mol. The van der Waals surface area contributed by atoms with E-state index in [-0.39, 0.29) is 6.54 Å². The van der Waals surface area contributed by atoms with Gasteiger partial charge in [0.15, 0.2) is 0 Å². The van der Waals surface area contributed by atoms with Crippen LogP contribution in [-0.2, 0) is 0 Å². The molecule has 0 aliphatic rings. The number of alkyl halides is 3. The molecule has 0 spiro atoms. The van der Waals surface area contributed by atoms with Crippen LogP contribution in [0.15, 0.2) is 12.1 Å². The lowest BCUT2D eigenvalue weighted by atomic mass is 10.00. The first kappa shape index (κ1) is 15.8. The number of hydrogen-bond donors (Lipinski definition) is 1. The fraction of sp³-hybridized carbons (Fsp3) is 0.500. The van der Waals surface area contributed by atoms with Gasteiger partial charge in [-0.2, -0.15) is 13.2 Å². The largest absolute Gasteiger partial charge is 0.389 e. The Morgan fingerprint density at radius 3 is 2.05 bits per heavy atom. The van der Waals surface area contributed by atoms with E-state index in [1.807, 2.05) is 0 Å². The number of nitrogens with one attached hydrogen (secondary N) is 1. The fourth-order valence-electron chi connectivity index (χ4n) is 1.79. The van der Waals surface area contributed by atoms with Crippen LogP contribution in [0.2, 0.25) is 0 Å². The summed E-state index contributed by atoms with van der Waals surface area (Å²) in [6.45, 7) is 1.83. The standard InChI is InChI=1S/C12H13F6N/c1-2-19-10(3-4-12(16,17)18)11-8(14)5-7(13)6-9(11)15/h5-6,10,19H,2-4H2,1H3. The van der Waals surface area contributed by atoms with Crippen molar-refractivity contribution in [3.05, 3.63) is 35.1 Å². The van der Waals surface area contributed by atoms with Crippen molar-refractivity contribution in [2.45, 2.75) is 32.0 Å². The van der Waals surface area contributed by atoms with Gasteiger partial charge in [0.2, 0.25) is 0 Å². The Balaban J connectivity index is 2.99. The quantitative estimate of drug-likeness (QED) is 0.803. The molecule has 0 saturated heterocycles. The van der Waals surface area contributed by atoms with Crippen LogP contribution >= 0.6 is 0 Å².